The smallest absolute Gasteiger partial charge is 0.346 e. The van der Waals surface area contributed by atoms with E-state index in [4.69, 9.17) is 18.9 Å². The van der Waals surface area contributed by atoms with Crippen molar-refractivity contribution in [1.82, 2.24) is 4.90 Å². The zero-order valence-corrected chi connectivity index (χ0v) is 16.8. The summed E-state index contributed by atoms with van der Waals surface area (Å²) in [6.07, 6.45) is 1.91. The van der Waals surface area contributed by atoms with Crippen molar-refractivity contribution in [3.05, 3.63) is 53.6 Å². The van der Waals surface area contributed by atoms with Crippen molar-refractivity contribution in [2.75, 3.05) is 27.9 Å². The van der Waals surface area contributed by atoms with Crippen LogP contribution in [-0.4, -0.2) is 50.8 Å². The van der Waals surface area contributed by atoms with Gasteiger partial charge in [-0.05, 0) is 42.7 Å². The summed E-state index contributed by atoms with van der Waals surface area (Å²) < 4.78 is 20.9. The second-order valence-electron chi connectivity index (χ2n) is 6.71. The van der Waals surface area contributed by atoms with Crippen molar-refractivity contribution >= 4 is 11.9 Å². The lowest BCUT2D eigenvalue weighted by molar-refractivity contribution is -0.135. The van der Waals surface area contributed by atoms with E-state index in [1.807, 2.05) is 24.3 Å². The van der Waals surface area contributed by atoms with E-state index < -0.39 is 5.97 Å². The van der Waals surface area contributed by atoms with Crippen LogP contribution in [-0.2, 0) is 16.1 Å². The maximum Gasteiger partial charge on any atom is 0.346 e. The quantitative estimate of drug-likeness (QED) is 0.604. The van der Waals surface area contributed by atoms with Gasteiger partial charge in [0.15, 0.2) is 6.61 Å². The number of methoxy groups -OCH3 is 3. The number of amides is 1. The van der Waals surface area contributed by atoms with Crippen LogP contribution in [0.4, 0.5) is 0 Å². The molecule has 0 bridgehead atoms. The molecule has 29 heavy (non-hydrogen) atoms. The van der Waals surface area contributed by atoms with E-state index in [1.54, 1.807) is 30.2 Å². The maximum absolute atomic E-state index is 12.8. The second kappa shape index (κ2) is 9.32. The molecule has 3 rings (SSSR count). The number of nitrogens with zero attached hydrogens (tertiary/aromatic N) is 1. The predicted molar refractivity (Wildman–Crippen MR) is 106 cm³/mol. The minimum Gasteiger partial charge on any atom is -0.497 e. The number of benzene rings is 2. The Balaban J connectivity index is 1.66. The molecule has 1 amide bonds. The number of carbonyl (C=O) groups is 2. The normalized spacial score (nSPS) is 12.8. The van der Waals surface area contributed by atoms with Gasteiger partial charge >= 0.3 is 5.97 Å². The molecule has 2 aromatic carbocycles. The van der Waals surface area contributed by atoms with Gasteiger partial charge in [0.2, 0.25) is 0 Å². The summed E-state index contributed by atoms with van der Waals surface area (Å²) in [5.41, 5.74) is 1.15. The van der Waals surface area contributed by atoms with Crippen LogP contribution in [0.3, 0.4) is 0 Å². The van der Waals surface area contributed by atoms with Crippen LogP contribution < -0.4 is 14.2 Å². The minimum atomic E-state index is -0.659. The van der Waals surface area contributed by atoms with Crippen molar-refractivity contribution in [1.29, 1.82) is 0 Å². The summed E-state index contributed by atoms with van der Waals surface area (Å²) in [6.45, 7) is 0.121. The molecule has 7 nitrogen and oxygen atoms in total. The number of carbonyl (C=O) groups excluding carboxylic acids is 2. The molecular weight excluding hydrogens is 374 g/mol. The van der Waals surface area contributed by atoms with Gasteiger partial charge in [0.1, 0.15) is 22.8 Å². The van der Waals surface area contributed by atoms with E-state index in [9.17, 15) is 9.59 Å². The predicted octanol–water partition coefficient (Wildman–Crippen LogP) is 3.06. The molecule has 1 saturated carbocycles. The monoisotopic (exact) mass is 399 g/mol. The fourth-order valence-corrected chi connectivity index (χ4v) is 3.07. The Kier molecular flexibility index (Phi) is 6.59. The molecule has 1 aliphatic carbocycles. The molecule has 0 aliphatic heterocycles. The zero-order chi connectivity index (χ0) is 20.8. The van der Waals surface area contributed by atoms with Gasteiger partial charge in [-0.25, -0.2) is 4.79 Å². The first-order valence-corrected chi connectivity index (χ1v) is 9.38. The number of hydrogen-bond acceptors (Lipinski definition) is 6. The van der Waals surface area contributed by atoms with E-state index in [0.29, 0.717) is 18.0 Å². The lowest BCUT2D eigenvalue weighted by Gasteiger charge is -2.22. The Labute approximate surface area is 170 Å². The van der Waals surface area contributed by atoms with Crippen LogP contribution in [0, 0.1) is 0 Å². The van der Waals surface area contributed by atoms with E-state index in [2.05, 4.69) is 0 Å². The summed E-state index contributed by atoms with van der Waals surface area (Å²) in [7, 11) is 4.53. The molecule has 154 valence electrons. The van der Waals surface area contributed by atoms with Crippen LogP contribution in [0.5, 0.6) is 17.2 Å². The third kappa shape index (κ3) is 4.99. The van der Waals surface area contributed by atoms with Crippen LogP contribution in [0.2, 0.25) is 0 Å². The van der Waals surface area contributed by atoms with Gasteiger partial charge in [0.05, 0.1) is 21.3 Å². The summed E-state index contributed by atoms with van der Waals surface area (Å²) in [6, 6.07) is 12.7. The van der Waals surface area contributed by atoms with Gasteiger partial charge in [-0.15, -0.1) is 0 Å². The molecular formula is C22H25NO6. The first-order chi connectivity index (χ1) is 14.1. The topological polar surface area (TPSA) is 74.3 Å². The van der Waals surface area contributed by atoms with Gasteiger partial charge in [0.25, 0.3) is 5.91 Å². The van der Waals surface area contributed by atoms with Gasteiger partial charge < -0.3 is 23.8 Å². The largest absolute Gasteiger partial charge is 0.497 e. The second-order valence-corrected chi connectivity index (χ2v) is 6.71. The lowest BCUT2D eigenvalue weighted by Crippen LogP contribution is -2.36. The van der Waals surface area contributed by atoms with Crippen molar-refractivity contribution in [2.45, 2.75) is 25.4 Å². The summed E-state index contributed by atoms with van der Waals surface area (Å²) in [5.74, 6) is 0.536. The molecule has 0 N–H and O–H groups in total. The Morgan fingerprint density at radius 1 is 0.931 bits per heavy atom. The molecule has 0 unspecified atom stereocenters. The molecule has 0 heterocycles. The van der Waals surface area contributed by atoms with Gasteiger partial charge in [-0.3, -0.25) is 4.79 Å². The Hall–Kier alpha value is -3.22. The molecule has 0 radical (unpaired) electrons. The third-order valence-corrected chi connectivity index (χ3v) is 4.78. The van der Waals surface area contributed by atoms with E-state index in [0.717, 1.165) is 24.2 Å². The number of esters is 1. The van der Waals surface area contributed by atoms with E-state index in [1.165, 1.54) is 14.2 Å². The van der Waals surface area contributed by atoms with Crippen molar-refractivity contribution in [2.24, 2.45) is 0 Å². The molecule has 1 fully saturated rings. The summed E-state index contributed by atoms with van der Waals surface area (Å²) in [4.78, 5) is 27.1. The highest BCUT2D eigenvalue weighted by Gasteiger charge is 2.33. The highest BCUT2D eigenvalue weighted by atomic mass is 16.5. The van der Waals surface area contributed by atoms with Crippen LogP contribution >= 0.6 is 0 Å². The van der Waals surface area contributed by atoms with Crippen molar-refractivity contribution < 1.29 is 28.5 Å². The highest BCUT2D eigenvalue weighted by molar-refractivity contribution is 5.96. The van der Waals surface area contributed by atoms with Gasteiger partial charge in [0, 0.05) is 12.6 Å². The van der Waals surface area contributed by atoms with Crippen LogP contribution in [0.1, 0.15) is 28.8 Å². The number of hydrogen-bond donors (Lipinski definition) is 0. The molecule has 2 aromatic rings. The van der Waals surface area contributed by atoms with Crippen molar-refractivity contribution in [3.8, 4) is 17.2 Å². The number of rotatable bonds is 9. The van der Waals surface area contributed by atoms with Gasteiger partial charge in [-0.1, -0.05) is 18.2 Å². The summed E-state index contributed by atoms with van der Waals surface area (Å²) in [5, 5.41) is 0. The first kappa shape index (κ1) is 20.5. The fraction of sp³-hybridized carbons (Fsp3) is 0.364. The molecule has 1 aliphatic rings. The first-order valence-electron chi connectivity index (χ1n) is 9.38. The number of ether oxygens (including phenoxy) is 4. The Morgan fingerprint density at radius 2 is 1.55 bits per heavy atom. The average Bonchev–Trinajstić information content (AvgIpc) is 3.60. The highest BCUT2D eigenvalue weighted by Crippen LogP contribution is 2.30. The third-order valence-electron chi connectivity index (χ3n) is 4.78. The standard InChI is InChI=1S/C22H25NO6/c1-26-17-11-7-15(8-12-17)13-23(16-9-10-16)20(24)14-29-22(25)21-18(27-2)5-4-6-19(21)28-3/h4-8,11-12,16H,9-10,13-14H2,1-3H3. The van der Waals surface area contributed by atoms with Gasteiger partial charge in [-0.2, -0.15) is 0 Å². The molecule has 0 aromatic heterocycles. The molecule has 0 atom stereocenters. The van der Waals surface area contributed by atoms with E-state index in [-0.39, 0.29) is 24.1 Å². The maximum atomic E-state index is 12.8. The van der Waals surface area contributed by atoms with Crippen LogP contribution in [0.25, 0.3) is 0 Å². The minimum absolute atomic E-state index is 0.165. The van der Waals surface area contributed by atoms with Crippen molar-refractivity contribution in [3.63, 3.8) is 0 Å². The molecule has 0 spiro atoms. The van der Waals surface area contributed by atoms with E-state index >= 15 is 0 Å². The van der Waals surface area contributed by atoms with Crippen LogP contribution in [0.15, 0.2) is 42.5 Å². The Morgan fingerprint density at radius 3 is 2.07 bits per heavy atom. The fourth-order valence-electron chi connectivity index (χ4n) is 3.07. The SMILES string of the molecule is COc1ccc(CN(C(=O)COC(=O)c2c(OC)cccc2OC)C2CC2)cc1. The Bertz CT molecular complexity index is 838. The molecule has 7 heteroatoms. The zero-order valence-electron chi connectivity index (χ0n) is 16.8. The average molecular weight is 399 g/mol. The lowest BCUT2D eigenvalue weighted by atomic mass is 10.2. The summed E-state index contributed by atoms with van der Waals surface area (Å²) >= 11 is 0. The molecule has 0 saturated heterocycles.